The van der Waals surface area contributed by atoms with Gasteiger partial charge in [0.2, 0.25) is 5.91 Å². The first-order valence-electron chi connectivity index (χ1n) is 5.06. The Morgan fingerprint density at radius 3 is 2.80 bits per heavy atom. The predicted octanol–water partition coefficient (Wildman–Crippen LogP) is 0.954. The quantitative estimate of drug-likeness (QED) is 0.641. The van der Waals surface area contributed by atoms with Crippen LogP contribution < -0.4 is 5.32 Å². The lowest BCUT2D eigenvalue weighted by atomic mass is 9.66. The van der Waals surface area contributed by atoms with Crippen molar-refractivity contribution in [3.05, 3.63) is 11.8 Å². The lowest BCUT2D eigenvalue weighted by Crippen LogP contribution is -2.54. The first kappa shape index (κ1) is 8.64. The van der Waals surface area contributed by atoms with Gasteiger partial charge < -0.3 is 5.32 Å². The largest absolute Gasteiger partial charge is 0.309 e. The average molecular weight is 205 g/mol. The highest BCUT2D eigenvalue weighted by molar-refractivity contribution is 6.16. The number of nitrogens with zero attached hydrogens (tertiary/aromatic N) is 2. The van der Waals surface area contributed by atoms with E-state index < -0.39 is 5.41 Å². The molecule has 1 aliphatic carbocycles. The van der Waals surface area contributed by atoms with Crippen molar-refractivity contribution >= 4 is 17.6 Å². The van der Waals surface area contributed by atoms with Gasteiger partial charge in [0.05, 0.1) is 6.20 Å². The average Bonchev–Trinajstić information content (AvgIpc) is 2.46. The Hall–Kier alpha value is -1.65. The van der Waals surface area contributed by atoms with E-state index in [1.807, 2.05) is 6.92 Å². The van der Waals surface area contributed by atoms with Crippen LogP contribution in [0.4, 0.5) is 5.82 Å². The normalized spacial score (nSPS) is 22.2. The molecule has 2 heterocycles. The van der Waals surface area contributed by atoms with Crippen LogP contribution in [-0.2, 0) is 4.79 Å². The van der Waals surface area contributed by atoms with Crippen molar-refractivity contribution in [3.8, 4) is 0 Å². The van der Waals surface area contributed by atoms with E-state index in [2.05, 4.69) is 10.4 Å². The summed E-state index contributed by atoms with van der Waals surface area (Å²) in [6, 6.07) is 0. The van der Waals surface area contributed by atoms with Crippen LogP contribution >= 0.6 is 0 Å². The summed E-state index contributed by atoms with van der Waals surface area (Å²) in [5.74, 6) is 0.206. The van der Waals surface area contributed by atoms with Crippen LogP contribution in [0.1, 0.15) is 29.6 Å². The van der Waals surface area contributed by atoms with Crippen molar-refractivity contribution in [2.24, 2.45) is 5.41 Å². The number of fused-ring (bicyclic) bond motifs is 1. The van der Waals surface area contributed by atoms with Crippen LogP contribution in [0.15, 0.2) is 6.20 Å². The molecule has 0 bridgehead atoms. The van der Waals surface area contributed by atoms with Crippen molar-refractivity contribution in [2.75, 3.05) is 5.32 Å². The van der Waals surface area contributed by atoms with E-state index in [0.29, 0.717) is 18.7 Å². The molecule has 1 aromatic heterocycles. The standard InChI is InChI=1S/C10H11N3O2/c1-6-5-11-13-7(6)12-8(14)10(9(13)15)3-2-4-10/h5H,2-4H2,1H3,(H,12,14). The summed E-state index contributed by atoms with van der Waals surface area (Å²) in [6.45, 7) is 1.82. The minimum atomic E-state index is -0.814. The van der Waals surface area contributed by atoms with Gasteiger partial charge in [0.25, 0.3) is 5.91 Å². The minimum absolute atomic E-state index is 0.158. The monoisotopic (exact) mass is 205 g/mol. The molecular weight excluding hydrogens is 194 g/mol. The van der Waals surface area contributed by atoms with Crippen LogP contribution in [0.25, 0.3) is 0 Å². The number of carbonyl (C=O) groups is 2. The first-order valence-corrected chi connectivity index (χ1v) is 5.06. The summed E-state index contributed by atoms with van der Waals surface area (Å²) in [6.07, 6.45) is 3.84. The molecule has 1 aliphatic heterocycles. The SMILES string of the molecule is Cc1cnn2c1NC(=O)C1(CCC1)C2=O. The predicted molar refractivity (Wildman–Crippen MR) is 52.5 cm³/mol. The van der Waals surface area contributed by atoms with Crippen molar-refractivity contribution in [3.63, 3.8) is 0 Å². The third-order valence-corrected chi connectivity index (χ3v) is 3.43. The molecule has 1 spiro atoms. The van der Waals surface area contributed by atoms with Crippen LogP contribution in [0, 0.1) is 12.3 Å². The number of hydrogen-bond donors (Lipinski definition) is 1. The molecule has 1 saturated carbocycles. The summed E-state index contributed by atoms with van der Waals surface area (Å²) in [5, 5.41) is 6.77. The lowest BCUT2D eigenvalue weighted by molar-refractivity contribution is -0.127. The Bertz CT molecular complexity index is 471. The second-order valence-corrected chi connectivity index (χ2v) is 4.28. The second-order valence-electron chi connectivity index (χ2n) is 4.28. The zero-order chi connectivity index (χ0) is 10.6. The molecule has 1 N–H and O–H groups in total. The van der Waals surface area contributed by atoms with Crippen LogP contribution in [0.2, 0.25) is 0 Å². The van der Waals surface area contributed by atoms with Crippen molar-refractivity contribution in [1.82, 2.24) is 9.78 Å². The Labute approximate surface area is 86.5 Å². The Balaban J connectivity index is 2.16. The van der Waals surface area contributed by atoms with Gasteiger partial charge in [0.1, 0.15) is 11.2 Å². The van der Waals surface area contributed by atoms with E-state index in [0.717, 1.165) is 12.0 Å². The lowest BCUT2D eigenvalue weighted by Gasteiger charge is -2.40. The van der Waals surface area contributed by atoms with E-state index in [9.17, 15) is 9.59 Å². The molecule has 15 heavy (non-hydrogen) atoms. The highest BCUT2D eigenvalue weighted by Crippen LogP contribution is 2.45. The van der Waals surface area contributed by atoms with Gasteiger partial charge in [-0.1, -0.05) is 6.42 Å². The number of rotatable bonds is 0. The third-order valence-electron chi connectivity index (χ3n) is 3.43. The van der Waals surface area contributed by atoms with Crippen LogP contribution in [-0.4, -0.2) is 21.6 Å². The molecule has 2 aliphatic rings. The van der Waals surface area contributed by atoms with Crippen LogP contribution in [0.5, 0.6) is 0 Å². The molecule has 3 rings (SSSR count). The zero-order valence-corrected chi connectivity index (χ0v) is 8.41. The molecule has 1 aromatic rings. The number of aromatic nitrogens is 2. The number of carbonyl (C=O) groups excluding carboxylic acids is 2. The van der Waals surface area contributed by atoms with Gasteiger partial charge in [-0.2, -0.15) is 9.78 Å². The molecule has 0 saturated heterocycles. The van der Waals surface area contributed by atoms with Gasteiger partial charge in [0, 0.05) is 5.56 Å². The van der Waals surface area contributed by atoms with Crippen LogP contribution in [0.3, 0.4) is 0 Å². The van der Waals surface area contributed by atoms with Gasteiger partial charge in [-0.15, -0.1) is 0 Å². The zero-order valence-electron chi connectivity index (χ0n) is 8.41. The Morgan fingerprint density at radius 1 is 1.47 bits per heavy atom. The fraction of sp³-hybridized carbons (Fsp3) is 0.500. The molecule has 0 atom stereocenters. The third kappa shape index (κ3) is 0.854. The molecule has 0 radical (unpaired) electrons. The van der Waals surface area contributed by atoms with E-state index >= 15 is 0 Å². The first-order chi connectivity index (χ1) is 7.15. The molecule has 0 unspecified atom stereocenters. The summed E-state index contributed by atoms with van der Waals surface area (Å²) < 4.78 is 1.33. The van der Waals surface area contributed by atoms with Crippen molar-refractivity contribution in [1.29, 1.82) is 0 Å². The number of hydrogen-bond acceptors (Lipinski definition) is 3. The van der Waals surface area contributed by atoms with E-state index in [4.69, 9.17) is 0 Å². The topological polar surface area (TPSA) is 64.0 Å². The number of anilines is 1. The molecule has 5 nitrogen and oxygen atoms in total. The smallest absolute Gasteiger partial charge is 0.264 e. The second kappa shape index (κ2) is 2.48. The van der Waals surface area contributed by atoms with Crippen molar-refractivity contribution in [2.45, 2.75) is 26.2 Å². The number of nitrogens with one attached hydrogen (secondary N) is 1. The maximum absolute atomic E-state index is 12.1. The molecule has 1 fully saturated rings. The molecule has 78 valence electrons. The van der Waals surface area contributed by atoms with E-state index in [-0.39, 0.29) is 11.8 Å². The summed E-state index contributed by atoms with van der Waals surface area (Å²) >= 11 is 0. The summed E-state index contributed by atoms with van der Waals surface area (Å²) in [5.41, 5.74) is 0.0109. The van der Waals surface area contributed by atoms with Crippen molar-refractivity contribution < 1.29 is 9.59 Å². The maximum atomic E-state index is 12.1. The summed E-state index contributed by atoms with van der Waals surface area (Å²) in [7, 11) is 0. The molecule has 1 amide bonds. The summed E-state index contributed by atoms with van der Waals surface area (Å²) in [4.78, 5) is 23.9. The Kier molecular flexibility index (Phi) is 1.43. The van der Waals surface area contributed by atoms with Gasteiger partial charge in [-0.3, -0.25) is 9.59 Å². The highest BCUT2D eigenvalue weighted by Gasteiger charge is 2.54. The van der Waals surface area contributed by atoms with E-state index in [1.165, 1.54) is 4.68 Å². The Morgan fingerprint density at radius 2 is 2.20 bits per heavy atom. The van der Waals surface area contributed by atoms with Gasteiger partial charge in [0.15, 0.2) is 0 Å². The maximum Gasteiger partial charge on any atom is 0.264 e. The molecular formula is C10H11N3O2. The minimum Gasteiger partial charge on any atom is -0.309 e. The van der Waals surface area contributed by atoms with E-state index in [1.54, 1.807) is 6.20 Å². The highest BCUT2D eigenvalue weighted by atomic mass is 16.2. The fourth-order valence-electron chi connectivity index (χ4n) is 2.23. The molecule has 0 aromatic carbocycles. The van der Waals surface area contributed by atoms with Gasteiger partial charge >= 0.3 is 0 Å². The number of amides is 1. The molecule has 5 heteroatoms. The number of aryl methyl sites for hydroxylation is 1. The van der Waals surface area contributed by atoms with Gasteiger partial charge in [-0.25, -0.2) is 0 Å². The van der Waals surface area contributed by atoms with Gasteiger partial charge in [-0.05, 0) is 19.8 Å². The fourth-order valence-corrected chi connectivity index (χ4v) is 2.23.